The summed E-state index contributed by atoms with van der Waals surface area (Å²) in [4.78, 5) is 16.3. The maximum Gasteiger partial charge on any atom is 0.416 e. The van der Waals surface area contributed by atoms with E-state index in [1.165, 1.54) is 6.07 Å². The van der Waals surface area contributed by atoms with Gasteiger partial charge in [0.15, 0.2) is 0 Å². The number of rotatable bonds is 7. The first-order chi connectivity index (χ1) is 11.8. The molecule has 6 heteroatoms. The predicted octanol–water partition coefficient (Wildman–Crippen LogP) is 3.95. The van der Waals surface area contributed by atoms with Crippen LogP contribution in [0.4, 0.5) is 13.2 Å². The summed E-state index contributed by atoms with van der Waals surface area (Å²) in [7, 11) is 3.82. The summed E-state index contributed by atoms with van der Waals surface area (Å²) in [6.45, 7) is 1.37. The Morgan fingerprint density at radius 2 is 2.00 bits per heavy atom. The van der Waals surface area contributed by atoms with Crippen molar-refractivity contribution in [3.8, 4) is 0 Å². The molecule has 1 aliphatic carbocycles. The van der Waals surface area contributed by atoms with Crippen molar-refractivity contribution in [2.45, 2.75) is 32.0 Å². The molecule has 1 amide bonds. The van der Waals surface area contributed by atoms with Crippen molar-refractivity contribution in [2.75, 3.05) is 27.2 Å². The summed E-state index contributed by atoms with van der Waals surface area (Å²) >= 11 is 0. The second-order valence-corrected chi connectivity index (χ2v) is 6.79. The molecule has 0 aliphatic heterocycles. The SMILES string of the molecule is CN(C)CCN(Cc1cccc(C(F)(F)F)c1)C(=O)CC1C=CCC1. The summed E-state index contributed by atoms with van der Waals surface area (Å²) in [5.74, 6) is 0.242. The third kappa shape index (κ3) is 6.20. The molecule has 0 heterocycles. The zero-order valence-electron chi connectivity index (χ0n) is 14.7. The number of likely N-dealkylation sites (N-methyl/N-ethyl adjacent to an activating group) is 1. The van der Waals surface area contributed by atoms with Gasteiger partial charge in [-0.2, -0.15) is 13.2 Å². The number of halogens is 3. The Bertz CT molecular complexity index is 611. The molecule has 0 bridgehead atoms. The molecular weight excluding hydrogens is 329 g/mol. The fourth-order valence-corrected chi connectivity index (χ4v) is 2.90. The van der Waals surface area contributed by atoms with Gasteiger partial charge < -0.3 is 9.80 Å². The molecular formula is C19H25F3N2O. The van der Waals surface area contributed by atoms with Crippen LogP contribution in [-0.2, 0) is 17.5 Å². The first kappa shape index (κ1) is 19.5. The lowest BCUT2D eigenvalue weighted by molar-refractivity contribution is -0.137. The molecule has 1 atom stereocenters. The molecule has 1 aliphatic rings. The van der Waals surface area contributed by atoms with E-state index in [-0.39, 0.29) is 18.4 Å². The van der Waals surface area contributed by atoms with Gasteiger partial charge in [-0.25, -0.2) is 0 Å². The van der Waals surface area contributed by atoms with Crippen LogP contribution < -0.4 is 0 Å². The Morgan fingerprint density at radius 3 is 2.60 bits per heavy atom. The van der Waals surface area contributed by atoms with Crippen LogP contribution >= 0.6 is 0 Å². The van der Waals surface area contributed by atoms with Gasteiger partial charge >= 0.3 is 6.18 Å². The molecule has 0 N–H and O–H groups in total. The van der Waals surface area contributed by atoms with Crippen molar-refractivity contribution in [1.29, 1.82) is 0 Å². The zero-order chi connectivity index (χ0) is 18.4. The number of carbonyl (C=O) groups is 1. The van der Waals surface area contributed by atoms with Crippen molar-refractivity contribution >= 4 is 5.91 Å². The highest BCUT2D eigenvalue weighted by Gasteiger charge is 2.30. The summed E-state index contributed by atoms with van der Waals surface area (Å²) in [6.07, 6.45) is 2.15. The van der Waals surface area contributed by atoms with Crippen LogP contribution in [0.15, 0.2) is 36.4 Å². The maximum absolute atomic E-state index is 12.9. The van der Waals surface area contributed by atoms with Gasteiger partial charge in [0, 0.05) is 26.1 Å². The highest BCUT2D eigenvalue weighted by molar-refractivity contribution is 5.76. The Morgan fingerprint density at radius 1 is 1.24 bits per heavy atom. The van der Waals surface area contributed by atoms with E-state index < -0.39 is 11.7 Å². The molecule has 1 aromatic carbocycles. The highest BCUT2D eigenvalue weighted by Crippen LogP contribution is 2.30. The van der Waals surface area contributed by atoms with Crippen LogP contribution in [0.3, 0.4) is 0 Å². The quantitative estimate of drug-likeness (QED) is 0.692. The highest BCUT2D eigenvalue weighted by atomic mass is 19.4. The molecule has 0 fully saturated rings. The van der Waals surface area contributed by atoms with Gasteiger partial charge in [-0.05, 0) is 50.6 Å². The van der Waals surface area contributed by atoms with Crippen molar-refractivity contribution < 1.29 is 18.0 Å². The van der Waals surface area contributed by atoms with E-state index in [9.17, 15) is 18.0 Å². The Balaban J connectivity index is 2.09. The largest absolute Gasteiger partial charge is 0.416 e. The molecule has 0 saturated carbocycles. The third-order valence-electron chi connectivity index (χ3n) is 4.35. The minimum atomic E-state index is -4.37. The van der Waals surface area contributed by atoms with Gasteiger partial charge in [0.2, 0.25) is 5.91 Å². The lowest BCUT2D eigenvalue weighted by Gasteiger charge is -2.26. The second-order valence-electron chi connectivity index (χ2n) is 6.79. The fourth-order valence-electron chi connectivity index (χ4n) is 2.90. The van der Waals surface area contributed by atoms with Crippen LogP contribution in [0.1, 0.15) is 30.4 Å². The van der Waals surface area contributed by atoms with Gasteiger partial charge in [-0.15, -0.1) is 0 Å². The first-order valence-electron chi connectivity index (χ1n) is 8.51. The minimum absolute atomic E-state index is 0.00388. The second kappa shape index (κ2) is 8.52. The van der Waals surface area contributed by atoms with Crippen LogP contribution in [0.25, 0.3) is 0 Å². The molecule has 3 nitrogen and oxygen atoms in total. The topological polar surface area (TPSA) is 23.6 Å². The smallest absolute Gasteiger partial charge is 0.337 e. The molecule has 0 saturated heterocycles. The molecule has 0 spiro atoms. The Kier molecular flexibility index (Phi) is 6.64. The number of allylic oxidation sites excluding steroid dienone is 2. The molecule has 2 rings (SSSR count). The monoisotopic (exact) mass is 354 g/mol. The normalized spacial score (nSPS) is 17.3. The van der Waals surface area contributed by atoms with E-state index in [1.807, 2.05) is 19.0 Å². The predicted molar refractivity (Wildman–Crippen MR) is 91.9 cm³/mol. The summed E-state index contributed by atoms with van der Waals surface area (Å²) in [5.41, 5.74) is -0.173. The van der Waals surface area contributed by atoms with Crippen LogP contribution in [0.2, 0.25) is 0 Å². The molecule has 138 valence electrons. The number of amides is 1. The van der Waals surface area contributed by atoms with Gasteiger partial charge in [0.25, 0.3) is 0 Å². The fraction of sp³-hybridized carbons (Fsp3) is 0.526. The van der Waals surface area contributed by atoms with E-state index >= 15 is 0 Å². The van der Waals surface area contributed by atoms with Crippen LogP contribution in [-0.4, -0.2) is 42.9 Å². The number of nitrogens with zero attached hydrogens (tertiary/aromatic N) is 2. The van der Waals surface area contributed by atoms with E-state index in [0.29, 0.717) is 25.1 Å². The first-order valence-corrected chi connectivity index (χ1v) is 8.51. The summed E-state index contributed by atoms with van der Waals surface area (Å²) in [6, 6.07) is 5.22. The standard InChI is InChI=1S/C19H25F3N2O/c1-23(2)10-11-24(18(25)13-15-6-3-4-7-15)14-16-8-5-9-17(12-16)19(20,21)22/h3,5-6,8-9,12,15H,4,7,10-11,13-14H2,1-2H3. The van der Waals surface area contributed by atoms with Crippen LogP contribution in [0.5, 0.6) is 0 Å². The van der Waals surface area contributed by atoms with Crippen molar-refractivity contribution in [3.63, 3.8) is 0 Å². The van der Waals surface area contributed by atoms with E-state index in [2.05, 4.69) is 12.2 Å². The van der Waals surface area contributed by atoms with Crippen molar-refractivity contribution in [1.82, 2.24) is 9.80 Å². The van der Waals surface area contributed by atoms with Crippen molar-refractivity contribution in [2.24, 2.45) is 5.92 Å². The number of carbonyl (C=O) groups excluding carboxylic acids is 1. The van der Waals surface area contributed by atoms with E-state index in [4.69, 9.17) is 0 Å². The van der Waals surface area contributed by atoms with Gasteiger partial charge in [-0.1, -0.05) is 24.3 Å². The average molecular weight is 354 g/mol. The molecule has 1 unspecified atom stereocenters. The lowest BCUT2D eigenvalue weighted by Crippen LogP contribution is -2.37. The number of benzene rings is 1. The average Bonchev–Trinajstić information content (AvgIpc) is 3.03. The zero-order valence-corrected chi connectivity index (χ0v) is 14.7. The molecule has 25 heavy (non-hydrogen) atoms. The van der Waals surface area contributed by atoms with Crippen molar-refractivity contribution in [3.05, 3.63) is 47.5 Å². The Hall–Kier alpha value is -1.82. The maximum atomic E-state index is 12.9. The molecule has 1 aromatic rings. The van der Waals surface area contributed by atoms with E-state index in [1.54, 1.807) is 11.0 Å². The minimum Gasteiger partial charge on any atom is -0.337 e. The van der Waals surface area contributed by atoms with Gasteiger partial charge in [0.1, 0.15) is 0 Å². The molecule has 0 radical (unpaired) electrons. The number of hydrogen-bond acceptors (Lipinski definition) is 2. The van der Waals surface area contributed by atoms with Gasteiger partial charge in [-0.3, -0.25) is 4.79 Å². The lowest BCUT2D eigenvalue weighted by atomic mass is 10.0. The third-order valence-corrected chi connectivity index (χ3v) is 4.35. The Labute approximate surface area is 147 Å². The summed E-state index contributed by atoms with van der Waals surface area (Å²) < 4.78 is 38.7. The molecule has 0 aromatic heterocycles. The van der Waals surface area contributed by atoms with Crippen LogP contribution in [0, 0.1) is 5.92 Å². The summed E-state index contributed by atoms with van der Waals surface area (Å²) in [5, 5.41) is 0. The number of hydrogen-bond donors (Lipinski definition) is 0. The van der Waals surface area contributed by atoms with Gasteiger partial charge in [0.05, 0.1) is 5.56 Å². The van der Waals surface area contributed by atoms with E-state index in [0.717, 1.165) is 25.0 Å². The number of alkyl halides is 3.